The summed E-state index contributed by atoms with van der Waals surface area (Å²) in [6.07, 6.45) is -0.665. The Hall–Kier alpha value is -4.66. The minimum Gasteiger partial charge on any atom is -0.497 e. The van der Waals surface area contributed by atoms with Gasteiger partial charge < -0.3 is 29.4 Å². The Balaban J connectivity index is 1.76. The van der Waals surface area contributed by atoms with Crippen LogP contribution in [0.25, 0.3) is 0 Å². The predicted molar refractivity (Wildman–Crippen MR) is 172 cm³/mol. The van der Waals surface area contributed by atoms with Crippen molar-refractivity contribution in [3.05, 3.63) is 138 Å². The van der Waals surface area contributed by atoms with E-state index in [0.717, 1.165) is 16.7 Å². The number of ether oxygens (including phenoxy) is 4. The molecule has 0 fully saturated rings. The topological polar surface area (TPSA) is 103 Å². The highest BCUT2D eigenvalue weighted by molar-refractivity contribution is 5.89. The summed E-state index contributed by atoms with van der Waals surface area (Å²) in [7, 11) is 1.61. The number of alkyl carbamates (subject to hydrolysis) is 1. The third-order valence-electron chi connectivity index (χ3n) is 7.31. The van der Waals surface area contributed by atoms with E-state index in [1.165, 1.54) is 0 Å². The molecule has 1 amide bonds. The van der Waals surface area contributed by atoms with Gasteiger partial charge in [-0.1, -0.05) is 91.0 Å². The van der Waals surface area contributed by atoms with Crippen LogP contribution in [0, 0.1) is 5.41 Å². The quantitative estimate of drug-likeness (QED) is 0.134. The molecule has 0 aliphatic carbocycles. The van der Waals surface area contributed by atoms with E-state index in [2.05, 4.69) is 5.32 Å². The fraction of sp³-hybridized carbons (Fsp3) is 0.297. The number of hydrogen-bond acceptors (Lipinski definition) is 7. The number of benzene rings is 4. The largest absolute Gasteiger partial charge is 0.497 e. The van der Waals surface area contributed by atoms with E-state index in [1.807, 2.05) is 84.9 Å². The number of aliphatic hydroxyl groups excluding tert-OH is 1. The Labute approximate surface area is 264 Å². The van der Waals surface area contributed by atoms with E-state index < -0.39 is 35.3 Å². The molecule has 4 rings (SSSR count). The molecule has 0 bridgehead atoms. The third-order valence-corrected chi connectivity index (χ3v) is 7.31. The van der Waals surface area contributed by atoms with Crippen molar-refractivity contribution in [3.63, 3.8) is 0 Å². The van der Waals surface area contributed by atoms with Gasteiger partial charge >= 0.3 is 12.1 Å². The van der Waals surface area contributed by atoms with Crippen molar-refractivity contribution in [2.45, 2.75) is 32.0 Å². The zero-order valence-corrected chi connectivity index (χ0v) is 26.2. The molecule has 0 saturated heterocycles. The van der Waals surface area contributed by atoms with Crippen molar-refractivity contribution in [1.82, 2.24) is 5.32 Å². The van der Waals surface area contributed by atoms with Gasteiger partial charge in [0.2, 0.25) is 0 Å². The molecule has 0 radical (unpaired) electrons. The van der Waals surface area contributed by atoms with E-state index in [-0.39, 0.29) is 19.8 Å². The van der Waals surface area contributed by atoms with Gasteiger partial charge in [0.1, 0.15) is 23.6 Å². The fourth-order valence-corrected chi connectivity index (χ4v) is 4.92. The number of hydrogen-bond donors (Lipinski definition) is 2. The Morgan fingerprint density at radius 1 is 0.711 bits per heavy atom. The molecule has 0 aliphatic rings. The van der Waals surface area contributed by atoms with Crippen LogP contribution in [-0.2, 0) is 19.8 Å². The van der Waals surface area contributed by atoms with Gasteiger partial charge in [-0.05, 0) is 61.7 Å². The average Bonchev–Trinajstić information content (AvgIpc) is 3.06. The summed E-state index contributed by atoms with van der Waals surface area (Å²) in [5, 5.41) is 13.7. The maximum absolute atomic E-state index is 13.0. The monoisotopic (exact) mass is 611 g/mol. The molecular formula is C37H41NO7. The first-order chi connectivity index (χ1) is 21.6. The zero-order valence-electron chi connectivity index (χ0n) is 26.2. The van der Waals surface area contributed by atoms with E-state index in [0.29, 0.717) is 11.3 Å². The maximum atomic E-state index is 13.0. The number of amides is 1. The Kier molecular flexibility index (Phi) is 11.0. The molecule has 236 valence electrons. The Morgan fingerprint density at radius 3 is 1.71 bits per heavy atom. The highest BCUT2D eigenvalue weighted by atomic mass is 16.6. The third kappa shape index (κ3) is 8.50. The molecule has 0 aliphatic heterocycles. The fourth-order valence-electron chi connectivity index (χ4n) is 4.92. The van der Waals surface area contributed by atoms with Crippen LogP contribution in [0.2, 0.25) is 0 Å². The van der Waals surface area contributed by atoms with Gasteiger partial charge in [-0.3, -0.25) is 0 Å². The maximum Gasteiger partial charge on any atom is 0.407 e. The Morgan fingerprint density at radius 2 is 1.22 bits per heavy atom. The minimum atomic E-state index is -1.25. The summed E-state index contributed by atoms with van der Waals surface area (Å²) in [4.78, 5) is 25.7. The van der Waals surface area contributed by atoms with Crippen LogP contribution in [0.4, 0.5) is 4.79 Å². The summed E-state index contributed by atoms with van der Waals surface area (Å²) in [6, 6.07) is 35.7. The molecule has 0 heterocycles. The van der Waals surface area contributed by atoms with Gasteiger partial charge in [-0.25, -0.2) is 9.59 Å². The summed E-state index contributed by atoms with van der Waals surface area (Å²) in [5.41, 5.74) is -0.260. The van der Waals surface area contributed by atoms with Crippen LogP contribution < -0.4 is 10.1 Å². The van der Waals surface area contributed by atoms with Crippen LogP contribution in [-0.4, -0.2) is 56.2 Å². The first-order valence-corrected chi connectivity index (χ1v) is 14.8. The number of carbonyl (C=O) groups is 2. The minimum absolute atomic E-state index is 0.0945. The zero-order chi connectivity index (χ0) is 32.3. The van der Waals surface area contributed by atoms with Crippen molar-refractivity contribution in [3.8, 4) is 5.75 Å². The smallest absolute Gasteiger partial charge is 0.407 e. The first-order valence-electron chi connectivity index (χ1n) is 14.8. The molecule has 45 heavy (non-hydrogen) atoms. The van der Waals surface area contributed by atoms with E-state index in [1.54, 1.807) is 58.2 Å². The number of carbonyl (C=O) groups excluding carboxylic acids is 2. The molecule has 4 aromatic rings. The SMILES string of the molecule is COc1ccc(C(OCC(CO)(CNC(=O)OC(C)(C)C)COC(=O)c2ccccc2)(c2ccccc2)c2ccccc2)cc1. The van der Waals surface area contributed by atoms with Gasteiger partial charge in [-0.2, -0.15) is 0 Å². The van der Waals surface area contributed by atoms with Crippen molar-refractivity contribution in [2.75, 3.05) is 33.5 Å². The van der Waals surface area contributed by atoms with Crippen molar-refractivity contribution in [2.24, 2.45) is 5.41 Å². The van der Waals surface area contributed by atoms with Crippen molar-refractivity contribution >= 4 is 12.1 Å². The lowest BCUT2D eigenvalue weighted by Crippen LogP contribution is -2.49. The number of nitrogens with one attached hydrogen (secondary N) is 1. The summed E-state index contributed by atoms with van der Waals surface area (Å²) >= 11 is 0. The van der Waals surface area contributed by atoms with Gasteiger partial charge in [0, 0.05) is 6.54 Å². The van der Waals surface area contributed by atoms with Crippen LogP contribution in [0.3, 0.4) is 0 Å². The highest BCUT2D eigenvalue weighted by Crippen LogP contribution is 2.42. The van der Waals surface area contributed by atoms with Crippen LogP contribution in [0.15, 0.2) is 115 Å². The van der Waals surface area contributed by atoms with Crippen molar-refractivity contribution in [1.29, 1.82) is 0 Å². The molecule has 0 saturated carbocycles. The predicted octanol–water partition coefficient (Wildman–Crippen LogP) is 6.36. The van der Waals surface area contributed by atoms with Gasteiger partial charge in [0.15, 0.2) is 0 Å². The number of aliphatic hydroxyl groups is 1. The molecule has 4 aromatic carbocycles. The summed E-state index contributed by atoms with van der Waals surface area (Å²) < 4.78 is 23.6. The lowest BCUT2D eigenvalue weighted by atomic mass is 9.79. The van der Waals surface area contributed by atoms with E-state index >= 15 is 0 Å². The second-order valence-corrected chi connectivity index (χ2v) is 11.9. The lowest BCUT2D eigenvalue weighted by Gasteiger charge is -2.40. The molecule has 1 unspecified atom stereocenters. The van der Waals surface area contributed by atoms with Crippen LogP contribution >= 0.6 is 0 Å². The standard InChI is InChI=1S/C37H41NO7/c1-35(2,3)45-34(41)38-24-36(25-39,26-43-33(40)28-14-8-5-9-15-28)27-44-37(29-16-10-6-11-17-29,30-18-12-7-13-19-30)31-20-22-32(42-4)23-21-31/h5-23,39H,24-27H2,1-4H3,(H,38,41). The molecule has 2 N–H and O–H groups in total. The molecule has 8 heteroatoms. The lowest BCUT2D eigenvalue weighted by molar-refractivity contribution is -0.0802. The van der Waals surface area contributed by atoms with E-state index in [4.69, 9.17) is 18.9 Å². The molecule has 1 atom stereocenters. The van der Waals surface area contributed by atoms with E-state index in [9.17, 15) is 14.7 Å². The van der Waals surface area contributed by atoms with Crippen LogP contribution in [0.5, 0.6) is 5.75 Å². The van der Waals surface area contributed by atoms with Gasteiger partial charge in [-0.15, -0.1) is 0 Å². The molecule has 0 spiro atoms. The van der Waals surface area contributed by atoms with Crippen molar-refractivity contribution < 1.29 is 33.6 Å². The molecular weight excluding hydrogens is 570 g/mol. The normalized spacial score (nSPS) is 12.9. The van der Waals surface area contributed by atoms with Crippen LogP contribution in [0.1, 0.15) is 47.8 Å². The second-order valence-electron chi connectivity index (χ2n) is 11.9. The average molecular weight is 612 g/mol. The molecule has 0 aromatic heterocycles. The number of esters is 1. The first kappa shape index (κ1) is 33.2. The van der Waals surface area contributed by atoms with Gasteiger partial charge in [0.05, 0.1) is 31.3 Å². The highest BCUT2D eigenvalue weighted by Gasteiger charge is 2.42. The van der Waals surface area contributed by atoms with Gasteiger partial charge in [0.25, 0.3) is 0 Å². The second kappa shape index (κ2) is 14.9. The number of rotatable bonds is 13. The number of methoxy groups -OCH3 is 1. The summed E-state index contributed by atoms with van der Waals surface area (Å²) in [6.45, 7) is 4.38. The Bertz CT molecular complexity index is 1460. The molecule has 8 nitrogen and oxygen atoms in total. The summed E-state index contributed by atoms with van der Waals surface area (Å²) in [5.74, 6) is 0.131.